The Bertz CT molecular complexity index is 898. The first-order valence-electron chi connectivity index (χ1n) is 7.98. The number of ether oxygens (including phenoxy) is 1. The third kappa shape index (κ3) is 4.75. The average molecular weight is 397 g/mol. The van der Waals surface area contributed by atoms with E-state index in [4.69, 9.17) is 16.3 Å². The maximum absolute atomic E-state index is 12.5. The first-order chi connectivity index (χ1) is 12.3. The van der Waals surface area contributed by atoms with Gasteiger partial charge in [-0.15, -0.1) is 0 Å². The molecule has 2 aromatic carbocycles. The van der Waals surface area contributed by atoms with Gasteiger partial charge in [0.15, 0.2) is 0 Å². The smallest absolute Gasteiger partial charge is 0.246 e. The first-order valence-corrected chi connectivity index (χ1v) is 9.80. The molecule has 0 aliphatic heterocycles. The second-order valence-electron chi connectivity index (χ2n) is 5.70. The number of rotatable bonds is 7. The lowest BCUT2D eigenvalue weighted by atomic mass is 10.1. The van der Waals surface area contributed by atoms with Crippen molar-refractivity contribution in [1.82, 2.24) is 4.31 Å². The molecule has 0 aromatic heterocycles. The number of sulfonamides is 1. The summed E-state index contributed by atoms with van der Waals surface area (Å²) in [5.74, 6) is -0.0548. The number of halogens is 1. The van der Waals surface area contributed by atoms with Crippen LogP contribution >= 0.6 is 11.6 Å². The molecule has 0 fully saturated rings. The number of nitrogens with one attached hydrogen (secondary N) is 1. The summed E-state index contributed by atoms with van der Waals surface area (Å²) in [7, 11) is -0.841. The van der Waals surface area contributed by atoms with Gasteiger partial charge in [0, 0.05) is 24.8 Å². The number of carbonyl (C=O) groups excluding carboxylic acids is 1. The Balaban J connectivity index is 2.27. The van der Waals surface area contributed by atoms with Crippen LogP contribution in [-0.2, 0) is 21.2 Å². The van der Waals surface area contributed by atoms with Crippen LogP contribution in [0.1, 0.15) is 12.5 Å². The molecule has 2 rings (SSSR count). The van der Waals surface area contributed by atoms with Crippen LogP contribution in [0.15, 0.2) is 47.4 Å². The van der Waals surface area contributed by atoms with Gasteiger partial charge in [0.1, 0.15) is 10.6 Å². The molecule has 26 heavy (non-hydrogen) atoms. The van der Waals surface area contributed by atoms with Crippen molar-refractivity contribution in [3.63, 3.8) is 0 Å². The van der Waals surface area contributed by atoms with Crippen molar-refractivity contribution in [3.8, 4) is 5.75 Å². The molecule has 140 valence electrons. The van der Waals surface area contributed by atoms with Gasteiger partial charge in [-0.1, -0.05) is 29.8 Å². The van der Waals surface area contributed by atoms with Crippen LogP contribution < -0.4 is 10.1 Å². The summed E-state index contributed by atoms with van der Waals surface area (Å²) in [5.41, 5.74) is 1.06. The normalized spacial score (nSPS) is 11.4. The zero-order chi connectivity index (χ0) is 19.3. The highest BCUT2D eigenvalue weighted by atomic mass is 35.5. The Morgan fingerprint density at radius 1 is 1.19 bits per heavy atom. The van der Waals surface area contributed by atoms with Crippen LogP contribution in [0.25, 0.3) is 0 Å². The van der Waals surface area contributed by atoms with E-state index in [0.717, 1.165) is 4.31 Å². The summed E-state index contributed by atoms with van der Waals surface area (Å²) in [6.07, 6.45) is 0.0860. The fourth-order valence-electron chi connectivity index (χ4n) is 2.28. The Morgan fingerprint density at radius 2 is 1.88 bits per heavy atom. The highest BCUT2D eigenvalue weighted by molar-refractivity contribution is 7.89. The van der Waals surface area contributed by atoms with E-state index in [1.807, 2.05) is 0 Å². The minimum absolute atomic E-state index is 0.0000986. The molecule has 0 unspecified atom stereocenters. The number of carbonyl (C=O) groups is 1. The topological polar surface area (TPSA) is 75.7 Å². The molecule has 0 heterocycles. The maximum atomic E-state index is 12.5. The zero-order valence-electron chi connectivity index (χ0n) is 14.8. The molecule has 6 nitrogen and oxygen atoms in total. The van der Waals surface area contributed by atoms with Gasteiger partial charge in [-0.25, -0.2) is 12.7 Å². The monoisotopic (exact) mass is 396 g/mol. The molecule has 0 spiro atoms. The lowest BCUT2D eigenvalue weighted by Gasteiger charge is -2.16. The van der Waals surface area contributed by atoms with Gasteiger partial charge < -0.3 is 10.1 Å². The number of benzene rings is 2. The van der Waals surface area contributed by atoms with Crippen LogP contribution in [0.5, 0.6) is 5.75 Å². The number of hydrogen-bond donors (Lipinski definition) is 1. The number of anilines is 1. The van der Waals surface area contributed by atoms with Gasteiger partial charge in [-0.05, 0) is 36.8 Å². The second-order valence-corrected chi connectivity index (χ2v) is 8.23. The molecule has 0 aliphatic rings. The van der Waals surface area contributed by atoms with Gasteiger partial charge in [-0.3, -0.25) is 4.79 Å². The summed E-state index contributed by atoms with van der Waals surface area (Å²) in [5, 5.41) is 3.21. The fraction of sp³-hybridized carbons (Fsp3) is 0.278. The Kier molecular flexibility index (Phi) is 6.63. The standard InChI is InChI=1S/C18H21ClN2O4S/c1-4-25-16-10-9-14(12-17(16)26(23,24)21(2)3)20-18(22)11-13-7-5-6-8-15(13)19/h5-10,12H,4,11H2,1-3H3,(H,20,22). The van der Waals surface area contributed by atoms with Gasteiger partial charge in [0.2, 0.25) is 15.9 Å². The minimum atomic E-state index is -3.72. The van der Waals surface area contributed by atoms with Gasteiger partial charge in [-0.2, -0.15) is 0 Å². The largest absolute Gasteiger partial charge is 0.492 e. The molecule has 2 aromatic rings. The lowest BCUT2D eigenvalue weighted by molar-refractivity contribution is -0.115. The quantitative estimate of drug-likeness (QED) is 0.779. The van der Waals surface area contributed by atoms with Crippen molar-refractivity contribution in [2.24, 2.45) is 0 Å². The van der Waals surface area contributed by atoms with E-state index in [1.54, 1.807) is 37.3 Å². The predicted molar refractivity (Wildman–Crippen MR) is 102 cm³/mol. The van der Waals surface area contributed by atoms with Crippen molar-refractivity contribution in [2.75, 3.05) is 26.0 Å². The number of hydrogen-bond acceptors (Lipinski definition) is 4. The highest BCUT2D eigenvalue weighted by Gasteiger charge is 2.23. The minimum Gasteiger partial charge on any atom is -0.492 e. The zero-order valence-corrected chi connectivity index (χ0v) is 16.4. The van der Waals surface area contributed by atoms with Crippen LogP contribution in [0, 0.1) is 0 Å². The highest BCUT2D eigenvalue weighted by Crippen LogP contribution is 2.29. The third-order valence-electron chi connectivity index (χ3n) is 3.59. The molecular weight excluding hydrogens is 376 g/mol. The first kappa shape index (κ1) is 20.2. The van der Waals surface area contributed by atoms with Crippen LogP contribution in [0.2, 0.25) is 5.02 Å². The summed E-state index contributed by atoms with van der Waals surface area (Å²) in [4.78, 5) is 12.3. The van der Waals surface area contributed by atoms with E-state index in [-0.39, 0.29) is 23.0 Å². The van der Waals surface area contributed by atoms with E-state index in [9.17, 15) is 13.2 Å². The third-order valence-corrected chi connectivity index (χ3v) is 5.80. The van der Waals surface area contributed by atoms with E-state index >= 15 is 0 Å². The van der Waals surface area contributed by atoms with E-state index < -0.39 is 10.0 Å². The van der Waals surface area contributed by atoms with Crippen molar-refractivity contribution >= 4 is 33.2 Å². The van der Waals surface area contributed by atoms with Crippen LogP contribution in [-0.4, -0.2) is 39.3 Å². The summed E-state index contributed by atoms with van der Waals surface area (Å²) >= 11 is 6.07. The van der Waals surface area contributed by atoms with Gasteiger partial charge >= 0.3 is 0 Å². The molecule has 0 saturated carbocycles. The molecule has 0 bridgehead atoms. The van der Waals surface area contributed by atoms with E-state index in [1.165, 1.54) is 26.2 Å². The fourth-order valence-corrected chi connectivity index (χ4v) is 3.53. The van der Waals surface area contributed by atoms with Gasteiger partial charge in [0.05, 0.1) is 13.0 Å². The maximum Gasteiger partial charge on any atom is 0.246 e. The molecular formula is C18H21ClN2O4S. The summed E-state index contributed by atoms with van der Waals surface area (Å²) in [6, 6.07) is 11.6. The van der Waals surface area contributed by atoms with Crippen molar-refractivity contribution in [1.29, 1.82) is 0 Å². The second kappa shape index (κ2) is 8.53. The van der Waals surface area contributed by atoms with Gasteiger partial charge in [0.25, 0.3) is 0 Å². The lowest BCUT2D eigenvalue weighted by Crippen LogP contribution is -2.23. The average Bonchev–Trinajstić information content (AvgIpc) is 2.58. The Labute approximate surface area is 158 Å². The molecule has 8 heteroatoms. The summed E-state index contributed by atoms with van der Waals surface area (Å²) in [6.45, 7) is 2.10. The molecule has 1 N–H and O–H groups in total. The van der Waals surface area contributed by atoms with Crippen molar-refractivity contribution < 1.29 is 17.9 Å². The molecule has 0 atom stereocenters. The predicted octanol–water partition coefficient (Wildman–Crippen LogP) is 3.17. The molecule has 0 aliphatic carbocycles. The Morgan fingerprint density at radius 3 is 2.50 bits per heavy atom. The Hall–Kier alpha value is -2.09. The van der Waals surface area contributed by atoms with E-state index in [0.29, 0.717) is 22.9 Å². The van der Waals surface area contributed by atoms with Crippen LogP contribution in [0.4, 0.5) is 5.69 Å². The number of amides is 1. The summed E-state index contributed by atoms with van der Waals surface area (Å²) < 4.78 is 31.5. The van der Waals surface area contributed by atoms with Crippen LogP contribution in [0.3, 0.4) is 0 Å². The van der Waals surface area contributed by atoms with E-state index in [2.05, 4.69) is 5.32 Å². The SMILES string of the molecule is CCOc1ccc(NC(=O)Cc2ccccc2Cl)cc1S(=O)(=O)N(C)C. The molecule has 1 amide bonds. The molecule has 0 radical (unpaired) electrons. The number of nitrogens with zero attached hydrogens (tertiary/aromatic N) is 1. The van der Waals surface area contributed by atoms with Crippen molar-refractivity contribution in [3.05, 3.63) is 53.1 Å². The van der Waals surface area contributed by atoms with Crippen molar-refractivity contribution in [2.45, 2.75) is 18.2 Å². The molecule has 0 saturated heterocycles.